The summed E-state index contributed by atoms with van der Waals surface area (Å²) in [6, 6.07) is 9.62. The molecule has 2 rings (SSSR count). The summed E-state index contributed by atoms with van der Waals surface area (Å²) in [4.78, 5) is 11.9. The molecule has 0 saturated carbocycles. The second kappa shape index (κ2) is 7.51. The lowest BCUT2D eigenvalue weighted by Crippen LogP contribution is -2.29. The van der Waals surface area contributed by atoms with Crippen molar-refractivity contribution >= 4 is 5.91 Å². The van der Waals surface area contributed by atoms with Gasteiger partial charge in [0.25, 0.3) is 0 Å². The van der Waals surface area contributed by atoms with E-state index in [9.17, 15) is 9.90 Å². The van der Waals surface area contributed by atoms with Crippen LogP contribution in [0.3, 0.4) is 0 Å². The highest BCUT2D eigenvalue weighted by atomic mass is 16.5. The van der Waals surface area contributed by atoms with Gasteiger partial charge < -0.3 is 15.2 Å². The summed E-state index contributed by atoms with van der Waals surface area (Å²) in [6.07, 6.45) is 0.570. The number of nitrogens with one attached hydrogen (secondary N) is 1. The average Bonchev–Trinajstić information content (AvgIpc) is 2.95. The highest BCUT2D eigenvalue weighted by Crippen LogP contribution is 2.10. The Morgan fingerprint density at radius 2 is 2.19 bits per heavy atom. The van der Waals surface area contributed by atoms with Crippen LogP contribution < -0.4 is 5.32 Å². The molecule has 1 amide bonds. The number of hydrogen-bond acceptors (Lipinski definition) is 5. The van der Waals surface area contributed by atoms with Gasteiger partial charge in [0, 0.05) is 13.7 Å². The fraction of sp³-hybridized carbons (Fsp3) is 0.357. The predicted octanol–water partition coefficient (Wildman–Crippen LogP) is 0.274. The van der Waals surface area contributed by atoms with Gasteiger partial charge in [0.15, 0.2) is 0 Å². The standard InChI is InChI=1S/C14H18N4O3/c1-21-10-13(19)12-8-16-17-18(12)9-14(20)15-7-11-5-3-2-4-6-11/h2-6,8,13,19H,7,9-10H2,1H3,(H,15,20). The zero-order valence-electron chi connectivity index (χ0n) is 11.8. The molecule has 2 N–H and O–H groups in total. The molecule has 0 aliphatic heterocycles. The van der Waals surface area contributed by atoms with Gasteiger partial charge in [-0.25, -0.2) is 4.68 Å². The molecule has 2 aromatic rings. The molecule has 7 nitrogen and oxygen atoms in total. The molecule has 0 aliphatic rings. The Kier molecular flexibility index (Phi) is 5.42. The van der Waals surface area contributed by atoms with Gasteiger partial charge in [0.05, 0.1) is 18.5 Å². The average molecular weight is 290 g/mol. The number of carbonyl (C=O) groups excluding carboxylic acids is 1. The molecule has 1 unspecified atom stereocenters. The first-order valence-corrected chi connectivity index (χ1v) is 6.56. The largest absolute Gasteiger partial charge is 0.384 e. The predicted molar refractivity (Wildman–Crippen MR) is 75.1 cm³/mol. The van der Waals surface area contributed by atoms with Gasteiger partial charge >= 0.3 is 0 Å². The Morgan fingerprint density at radius 1 is 1.43 bits per heavy atom. The SMILES string of the molecule is COCC(O)c1cnnn1CC(=O)NCc1ccccc1. The molecule has 1 aromatic carbocycles. The van der Waals surface area contributed by atoms with E-state index in [1.54, 1.807) is 0 Å². The lowest BCUT2D eigenvalue weighted by molar-refractivity contribution is -0.122. The number of nitrogens with zero attached hydrogens (tertiary/aromatic N) is 3. The van der Waals surface area contributed by atoms with E-state index in [0.29, 0.717) is 12.2 Å². The number of carbonyl (C=O) groups is 1. The normalized spacial score (nSPS) is 12.1. The molecule has 0 bridgehead atoms. The molecule has 0 radical (unpaired) electrons. The summed E-state index contributed by atoms with van der Waals surface area (Å²) in [6.45, 7) is 0.576. The van der Waals surface area contributed by atoms with Crippen molar-refractivity contribution in [2.45, 2.75) is 19.2 Å². The van der Waals surface area contributed by atoms with E-state index in [1.165, 1.54) is 18.0 Å². The first kappa shape index (κ1) is 15.1. The van der Waals surface area contributed by atoms with Crippen LogP contribution in [0.2, 0.25) is 0 Å². The Morgan fingerprint density at radius 3 is 2.90 bits per heavy atom. The van der Waals surface area contributed by atoms with E-state index in [-0.39, 0.29) is 19.1 Å². The smallest absolute Gasteiger partial charge is 0.242 e. The van der Waals surface area contributed by atoms with Gasteiger partial charge in [0.1, 0.15) is 12.6 Å². The number of aliphatic hydroxyl groups excluding tert-OH is 1. The van der Waals surface area contributed by atoms with E-state index in [2.05, 4.69) is 15.6 Å². The van der Waals surface area contributed by atoms with Crippen molar-refractivity contribution in [3.63, 3.8) is 0 Å². The second-order valence-corrected chi connectivity index (χ2v) is 4.55. The monoisotopic (exact) mass is 290 g/mol. The van der Waals surface area contributed by atoms with Crippen molar-refractivity contribution in [3.8, 4) is 0 Å². The molecule has 21 heavy (non-hydrogen) atoms. The van der Waals surface area contributed by atoms with E-state index >= 15 is 0 Å². The Balaban J connectivity index is 1.90. The van der Waals surface area contributed by atoms with Gasteiger partial charge in [0.2, 0.25) is 5.91 Å². The van der Waals surface area contributed by atoms with E-state index in [1.807, 2.05) is 30.3 Å². The zero-order chi connectivity index (χ0) is 15.1. The minimum atomic E-state index is -0.855. The van der Waals surface area contributed by atoms with Gasteiger partial charge in [-0.15, -0.1) is 5.10 Å². The second-order valence-electron chi connectivity index (χ2n) is 4.55. The fourth-order valence-electron chi connectivity index (χ4n) is 1.88. The van der Waals surface area contributed by atoms with Gasteiger partial charge in [-0.2, -0.15) is 0 Å². The maximum Gasteiger partial charge on any atom is 0.242 e. The van der Waals surface area contributed by atoms with Crippen LogP contribution in [0.15, 0.2) is 36.5 Å². The number of ether oxygens (including phenoxy) is 1. The van der Waals surface area contributed by atoms with Gasteiger partial charge in [-0.05, 0) is 5.56 Å². The first-order valence-electron chi connectivity index (χ1n) is 6.56. The third-order valence-electron chi connectivity index (χ3n) is 2.94. The maximum atomic E-state index is 11.9. The summed E-state index contributed by atoms with van der Waals surface area (Å²) < 4.78 is 6.24. The summed E-state index contributed by atoms with van der Waals surface area (Å²) >= 11 is 0. The number of amides is 1. The van der Waals surface area contributed by atoms with Gasteiger partial charge in [-0.3, -0.25) is 4.79 Å². The molecular formula is C14H18N4O3. The summed E-state index contributed by atoms with van der Waals surface area (Å²) in [7, 11) is 1.49. The Bertz CT molecular complexity index is 571. The molecule has 1 atom stereocenters. The van der Waals surface area contributed by atoms with Crippen LogP contribution in [0, 0.1) is 0 Å². The van der Waals surface area contributed by atoms with Crippen LogP contribution in [0.5, 0.6) is 0 Å². The van der Waals surface area contributed by atoms with Crippen molar-refractivity contribution in [2.24, 2.45) is 0 Å². The highest BCUT2D eigenvalue weighted by molar-refractivity contribution is 5.75. The maximum absolute atomic E-state index is 11.9. The number of aromatic nitrogens is 3. The molecule has 112 valence electrons. The highest BCUT2D eigenvalue weighted by Gasteiger charge is 2.15. The van der Waals surface area contributed by atoms with Crippen LogP contribution in [0.1, 0.15) is 17.4 Å². The number of methoxy groups -OCH3 is 1. The van der Waals surface area contributed by atoms with Gasteiger partial charge in [-0.1, -0.05) is 35.5 Å². The van der Waals surface area contributed by atoms with Crippen molar-refractivity contribution in [1.29, 1.82) is 0 Å². The van der Waals surface area contributed by atoms with Crippen LogP contribution in [0.4, 0.5) is 0 Å². The van der Waals surface area contributed by atoms with Crippen molar-refractivity contribution in [2.75, 3.05) is 13.7 Å². The molecule has 7 heteroatoms. The molecule has 0 aliphatic carbocycles. The quantitative estimate of drug-likeness (QED) is 0.764. The third kappa shape index (κ3) is 4.37. The summed E-state index contributed by atoms with van der Waals surface area (Å²) in [5.74, 6) is -0.199. The topological polar surface area (TPSA) is 89.3 Å². The molecule has 0 spiro atoms. The molecule has 1 aromatic heterocycles. The van der Waals surface area contributed by atoms with E-state index < -0.39 is 6.10 Å². The van der Waals surface area contributed by atoms with Crippen molar-refractivity contribution in [1.82, 2.24) is 20.3 Å². The Labute approximate surface area is 122 Å². The minimum absolute atomic E-state index is 0.00292. The Hall–Kier alpha value is -2.25. The lowest BCUT2D eigenvalue weighted by Gasteiger charge is -2.11. The zero-order valence-corrected chi connectivity index (χ0v) is 11.8. The molecule has 0 fully saturated rings. The minimum Gasteiger partial charge on any atom is -0.384 e. The van der Waals surface area contributed by atoms with Crippen molar-refractivity contribution < 1.29 is 14.6 Å². The summed E-state index contributed by atoms with van der Waals surface area (Å²) in [5.41, 5.74) is 1.47. The van der Waals surface area contributed by atoms with Crippen LogP contribution in [0.25, 0.3) is 0 Å². The number of benzene rings is 1. The first-order chi connectivity index (χ1) is 10.2. The van der Waals surface area contributed by atoms with Crippen LogP contribution in [-0.2, 0) is 22.6 Å². The molecule has 0 saturated heterocycles. The van der Waals surface area contributed by atoms with Crippen LogP contribution >= 0.6 is 0 Å². The number of rotatable bonds is 7. The molecular weight excluding hydrogens is 272 g/mol. The summed E-state index contributed by atoms with van der Waals surface area (Å²) in [5, 5.41) is 20.2. The third-order valence-corrected chi connectivity index (χ3v) is 2.94. The van der Waals surface area contributed by atoms with Crippen molar-refractivity contribution in [3.05, 3.63) is 47.8 Å². The fourth-order valence-corrected chi connectivity index (χ4v) is 1.88. The van der Waals surface area contributed by atoms with E-state index in [4.69, 9.17) is 4.74 Å². The number of hydrogen-bond donors (Lipinski definition) is 2. The number of aliphatic hydroxyl groups is 1. The molecule has 1 heterocycles. The van der Waals surface area contributed by atoms with E-state index in [0.717, 1.165) is 5.56 Å². The lowest BCUT2D eigenvalue weighted by atomic mass is 10.2. The van der Waals surface area contributed by atoms with Crippen LogP contribution in [-0.4, -0.2) is 39.7 Å².